The van der Waals surface area contributed by atoms with E-state index in [2.05, 4.69) is 15.7 Å². The van der Waals surface area contributed by atoms with Gasteiger partial charge in [0.25, 0.3) is 5.91 Å². The van der Waals surface area contributed by atoms with Gasteiger partial charge in [-0.15, -0.1) is 0 Å². The van der Waals surface area contributed by atoms with Crippen LogP contribution in [0.15, 0.2) is 30.5 Å². The Morgan fingerprint density at radius 2 is 2.33 bits per heavy atom. The molecule has 0 spiro atoms. The van der Waals surface area contributed by atoms with E-state index in [1.54, 1.807) is 6.20 Å². The fourth-order valence-electron chi connectivity index (χ4n) is 2.67. The number of nitrogens with zero attached hydrogens (tertiary/aromatic N) is 2. The van der Waals surface area contributed by atoms with E-state index in [4.69, 9.17) is 0 Å². The maximum Gasteiger partial charge on any atom is 0.251 e. The zero-order valence-electron chi connectivity index (χ0n) is 12.2. The molecule has 0 fully saturated rings. The summed E-state index contributed by atoms with van der Waals surface area (Å²) in [5.74, 6) is -0.00876. The van der Waals surface area contributed by atoms with E-state index in [-0.39, 0.29) is 5.91 Å². The van der Waals surface area contributed by atoms with Crippen LogP contribution in [0.5, 0.6) is 0 Å². The molecule has 1 amide bonds. The summed E-state index contributed by atoms with van der Waals surface area (Å²) < 4.78 is 1.83. The number of nitrogens with one attached hydrogen (secondary N) is 2. The maximum atomic E-state index is 12.2. The van der Waals surface area contributed by atoms with Gasteiger partial charge in [0, 0.05) is 49.7 Å². The van der Waals surface area contributed by atoms with E-state index in [1.807, 2.05) is 36.0 Å². The van der Waals surface area contributed by atoms with Gasteiger partial charge in [-0.1, -0.05) is 0 Å². The van der Waals surface area contributed by atoms with E-state index in [0.717, 1.165) is 42.8 Å². The first-order valence-electron chi connectivity index (χ1n) is 7.36. The highest BCUT2D eigenvalue weighted by Gasteiger charge is 2.12. The van der Waals surface area contributed by atoms with Crippen LogP contribution in [0.4, 0.5) is 5.69 Å². The van der Waals surface area contributed by atoms with Crippen LogP contribution < -0.4 is 10.6 Å². The Balaban J connectivity index is 1.59. The third-order valence-electron chi connectivity index (χ3n) is 3.89. The lowest BCUT2D eigenvalue weighted by atomic mass is 10.0. The van der Waals surface area contributed by atoms with Crippen LogP contribution in [0.3, 0.4) is 0 Å². The highest BCUT2D eigenvalue weighted by molar-refractivity contribution is 5.94. The molecule has 0 atom stereocenters. The van der Waals surface area contributed by atoms with Crippen LogP contribution in [-0.4, -0.2) is 28.8 Å². The van der Waals surface area contributed by atoms with Crippen molar-refractivity contribution in [1.82, 2.24) is 15.1 Å². The van der Waals surface area contributed by atoms with Crippen LogP contribution in [0.25, 0.3) is 0 Å². The molecule has 1 aliphatic heterocycles. The number of hydrogen-bond acceptors (Lipinski definition) is 3. The van der Waals surface area contributed by atoms with Crippen molar-refractivity contribution in [1.29, 1.82) is 0 Å². The molecule has 0 unspecified atom stereocenters. The molecule has 2 aromatic rings. The molecule has 0 bridgehead atoms. The predicted molar refractivity (Wildman–Crippen MR) is 82.5 cm³/mol. The smallest absolute Gasteiger partial charge is 0.251 e. The van der Waals surface area contributed by atoms with Crippen molar-refractivity contribution < 1.29 is 4.79 Å². The van der Waals surface area contributed by atoms with Gasteiger partial charge in [-0.05, 0) is 42.7 Å². The average Bonchev–Trinajstić information content (AvgIpc) is 2.92. The first kappa shape index (κ1) is 13.7. The molecule has 5 heteroatoms. The molecule has 1 aromatic heterocycles. The van der Waals surface area contributed by atoms with Crippen molar-refractivity contribution in [2.24, 2.45) is 7.05 Å². The molecule has 1 aliphatic rings. The monoisotopic (exact) mass is 284 g/mol. The normalized spacial score (nSPS) is 13.4. The van der Waals surface area contributed by atoms with E-state index in [0.29, 0.717) is 6.54 Å². The molecular weight excluding hydrogens is 264 g/mol. The number of anilines is 1. The minimum atomic E-state index is -0.00876. The number of aryl methyl sites for hydroxylation is 2. The number of carbonyl (C=O) groups excluding carboxylic acids is 1. The molecule has 0 radical (unpaired) electrons. The van der Waals surface area contributed by atoms with Crippen LogP contribution in [0, 0.1) is 0 Å². The summed E-state index contributed by atoms with van der Waals surface area (Å²) in [5.41, 5.74) is 4.25. The standard InChI is InChI=1S/C16H20N4O/c1-20-14(7-10-19-20)6-9-18-16(21)13-4-5-15-12(11-13)3-2-8-17-15/h4-5,7,10-11,17H,2-3,6,8-9H2,1H3,(H,18,21). The number of rotatable bonds is 4. The Labute approximate surface area is 124 Å². The molecule has 5 nitrogen and oxygen atoms in total. The van der Waals surface area contributed by atoms with Crippen molar-refractivity contribution in [3.63, 3.8) is 0 Å². The van der Waals surface area contributed by atoms with Gasteiger partial charge in [-0.2, -0.15) is 5.10 Å². The first-order chi connectivity index (χ1) is 10.2. The van der Waals surface area contributed by atoms with Gasteiger partial charge >= 0.3 is 0 Å². The fourth-order valence-corrected chi connectivity index (χ4v) is 2.67. The minimum Gasteiger partial charge on any atom is -0.385 e. The summed E-state index contributed by atoms with van der Waals surface area (Å²) in [6.45, 7) is 1.64. The van der Waals surface area contributed by atoms with E-state index < -0.39 is 0 Å². The van der Waals surface area contributed by atoms with Gasteiger partial charge in [0.05, 0.1) is 0 Å². The van der Waals surface area contributed by atoms with Gasteiger partial charge in [-0.25, -0.2) is 0 Å². The molecule has 2 heterocycles. The second-order valence-electron chi connectivity index (χ2n) is 5.35. The Kier molecular flexibility index (Phi) is 3.90. The molecule has 0 saturated heterocycles. The quantitative estimate of drug-likeness (QED) is 0.899. The van der Waals surface area contributed by atoms with Gasteiger partial charge < -0.3 is 10.6 Å². The number of amides is 1. The number of hydrogen-bond donors (Lipinski definition) is 2. The van der Waals surface area contributed by atoms with E-state index >= 15 is 0 Å². The largest absolute Gasteiger partial charge is 0.385 e. The van der Waals surface area contributed by atoms with Gasteiger partial charge in [-0.3, -0.25) is 9.48 Å². The van der Waals surface area contributed by atoms with Crippen LogP contribution in [0.1, 0.15) is 28.0 Å². The predicted octanol–water partition coefficient (Wildman–Crippen LogP) is 1.75. The summed E-state index contributed by atoms with van der Waals surface area (Å²) in [6.07, 6.45) is 4.72. The van der Waals surface area contributed by atoms with Crippen LogP contribution in [-0.2, 0) is 19.9 Å². The van der Waals surface area contributed by atoms with Crippen molar-refractivity contribution >= 4 is 11.6 Å². The molecule has 0 aliphatic carbocycles. The van der Waals surface area contributed by atoms with Crippen LogP contribution >= 0.6 is 0 Å². The maximum absolute atomic E-state index is 12.2. The molecule has 110 valence electrons. The number of carbonyl (C=O) groups is 1. The Morgan fingerprint density at radius 3 is 3.14 bits per heavy atom. The van der Waals surface area contributed by atoms with Crippen molar-refractivity contribution in [3.05, 3.63) is 47.3 Å². The summed E-state index contributed by atoms with van der Waals surface area (Å²) in [6, 6.07) is 7.86. The Hall–Kier alpha value is -2.30. The topological polar surface area (TPSA) is 59.0 Å². The third kappa shape index (κ3) is 3.07. The zero-order valence-corrected chi connectivity index (χ0v) is 12.2. The Morgan fingerprint density at radius 1 is 1.43 bits per heavy atom. The summed E-state index contributed by atoms with van der Waals surface area (Å²) in [5, 5.41) is 10.4. The minimum absolute atomic E-state index is 0.00876. The summed E-state index contributed by atoms with van der Waals surface area (Å²) >= 11 is 0. The lowest BCUT2D eigenvalue weighted by Gasteiger charge is -2.18. The molecule has 21 heavy (non-hydrogen) atoms. The van der Waals surface area contributed by atoms with Crippen molar-refractivity contribution in [3.8, 4) is 0 Å². The molecule has 1 aromatic carbocycles. The first-order valence-corrected chi connectivity index (χ1v) is 7.36. The second-order valence-corrected chi connectivity index (χ2v) is 5.35. The number of aromatic nitrogens is 2. The van der Waals surface area contributed by atoms with Crippen LogP contribution in [0.2, 0.25) is 0 Å². The Bertz CT molecular complexity index is 647. The average molecular weight is 284 g/mol. The van der Waals surface area contributed by atoms with Crippen molar-refractivity contribution in [2.75, 3.05) is 18.4 Å². The number of fused-ring (bicyclic) bond motifs is 1. The van der Waals surface area contributed by atoms with Gasteiger partial charge in [0.15, 0.2) is 0 Å². The summed E-state index contributed by atoms with van der Waals surface area (Å²) in [7, 11) is 1.91. The third-order valence-corrected chi connectivity index (χ3v) is 3.89. The lowest BCUT2D eigenvalue weighted by molar-refractivity contribution is 0.0954. The molecule has 0 saturated carbocycles. The SMILES string of the molecule is Cn1nccc1CCNC(=O)c1ccc2c(c1)CCCN2. The second kappa shape index (κ2) is 5.99. The number of benzene rings is 1. The zero-order chi connectivity index (χ0) is 14.7. The fraction of sp³-hybridized carbons (Fsp3) is 0.375. The van der Waals surface area contributed by atoms with Gasteiger partial charge in [0.2, 0.25) is 0 Å². The van der Waals surface area contributed by atoms with Gasteiger partial charge in [0.1, 0.15) is 0 Å². The lowest BCUT2D eigenvalue weighted by Crippen LogP contribution is -2.26. The van der Waals surface area contributed by atoms with E-state index in [1.165, 1.54) is 5.56 Å². The summed E-state index contributed by atoms with van der Waals surface area (Å²) in [4.78, 5) is 12.2. The highest BCUT2D eigenvalue weighted by Crippen LogP contribution is 2.22. The molecular formula is C16H20N4O. The molecule has 3 rings (SSSR count). The van der Waals surface area contributed by atoms with E-state index in [9.17, 15) is 4.79 Å². The highest BCUT2D eigenvalue weighted by atomic mass is 16.1. The van der Waals surface area contributed by atoms with Crippen molar-refractivity contribution in [2.45, 2.75) is 19.3 Å². The molecule has 2 N–H and O–H groups in total.